The summed E-state index contributed by atoms with van der Waals surface area (Å²) in [7, 11) is 0. The van der Waals surface area contributed by atoms with Gasteiger partial charge in [-0.2, -0.15) is 0 Å². The summed E-state index contributed by atoms with van der Waals surface area (Å²) < 4.78 is 12.3. The van der Waals surface area contributed by atoms with E-state index in [0.717, 1.165) is 37.3 Å². The number of ether oxygens (including phenoxy) is 2. The standard InChI is InChI=1S/C19H33NO2/c1-19(2)15-7-6-14(10-15)17(19)11-18-21-13-16(22-18)12-20-8-4-3-5-9-20/h14-18H,3-13H2,1-2H3/t14-,15+,16?,17?,18?/m0/s1. The number of nitrogens with zero attached hydrogens (tertiary/aromatic N) is 1. The Morgan fingerprint density at radius 3 is 2.64 bits per heavy atom. The van der Waals surface area contributed by atoms with Crippen LogP contribution in [-0.2, 0) is 9.47 Å². The van der Waals surface area contributed by atoms with Crippen LogP contribution in [0.1, 0.15) is 58.8 Å². The Labute approximate surface area is 135 Å². The molecule has 0 aromatic rings. The largest absolute Gasteiger partial charge is 0.350 e. The summed E-state index contributed by atoms with van der Waals surface area (Å²) in [6.07, 6.45) is 9.99. The normalized spacial score (nSPS) is 44.7. The Morgan fingerprint density at radius 1 is 1.09 bits per heavy atom. The molecule has 3 heteroatoms. The van der Waals surface area contributed by atoms with Crippen LogP contribution in [0, 0.1) is 23.2 Å². The first kappa shape index (κ1) is 15.4. The monoisotopic (exact) mass is 307 g/mol. The molecule has 2 saturated carbocycles. The van der Waals surface area contributed by atoms with Crippen LogP contribution in [0.15, 0.2) is 0 Å². The van der Waals surface area contributed by atoms with Crippen molar-refractivity contribution < 1.29 is 9.47 Å². The van der Waals surface area contributed by atoms with Gasteiger partial charge in [0, 0.05) is 13.0 Å². The Kier molecular flexibility index (Phi) is 4.25. The zero-order chi connectivity index (χ0) is 15.2. The van der Waals surface area contributed by atoms with Crippen LogP contribution < -0.4 is 0 Å². The second-order valence-corrected chi connectivity index (χ2v) is 8.82. The van der Waals surface area contributed by atoms with Crippen LogP contribution in [0.4, 0.5) is 0 Å². The highest BCUT2D eigenvalue weighted by molar-refractivity contribution is 5.02. The van der Waals surface area contributed by atoms with E-state index in [9.17, 15) is 0 Å². The Morgan fingerprint density at radius 2 is 1.91 bits per heavy atom. The zero-order valence-electron chi connectivity index (χ0n) is 14.4. The lowest BCUT2D eigenvalue weighted by Crippen LogP contribution is -2.38. The molecule has 2 saturated heterocycles. The van der Waals surface area contributed by atoms with Crippen LogP contribution in [0.2, 0.25) is 0 Å². The minimum Gasteiger partial charge on any atom is -0.350 e. The van der Waals surface area contributed by atoms with Crippen molar-refractivity contribution in [1.82, 2.24) is 4.90 Å². The third kappa shape index (κ3) is 2.85. The summed E-state index contributed by atoms with van der Waals surface area (Å²) in [5.74, 6) is 2.70. The van der Waals surface area contributed by atoms with Gasteiger partial charge in [-0.3, -0.25) is 0 Å². The molecule has 3 nitrogen and oxygen atoms in total. The van der Waals surface area contributed by atoms with Gasteiger partial charge in [0.15, 0.2) is 6.29 Å². The molecule has 2 heterocycles. The first-order valence-electron chi connectivity index (χ1n) is 9.62. The molecule has 0 amide bonds. The van der Waals surface area contributed by atoms with E-state index in [4.69, 9.17) is 9.47 Å². The molecule has 22 heavy (non-hydrogen) atoms. The van der Waals surface area contributed by atoms with E-state index in [1.807, 2.05) is 0 Å². The molecule has 0 spiro atoms. The second-order valence-electron chi connectivity index (χ2n) is 8.82. The Bertz CT molecular complexity index is 391. The molecule has 4 fully saturated rings. The topological polar surface area (TPSA) is 21.7 Å². The molecule has 0 aromatic carbocycles. The van der Waals surface area contributed by atoms with Crippen molar-refractivity contribution in [2.24, 2.45) is 23.2 Å². The molecule has 4 aliphatic rings. The van der Waals surface area contributed by atoms with Gasteiger partial charge in [0.05, 0.1) is 12.7 Å². The second kappa shape index (κ2) is 6.07. The number of piperidine rings is 1. The summed E-state index contributed by atoms with van der Waals surface area (Å²) in [5.41, 5.74) is 0.501. The van der Waals surface area contributed by atoms with Crippen molar-refractivity contribution in [2.45, 2.75) is 71.2 Å². The lowest BCUT2D eigenvalue weighted by Gasteiger charge is -2.39. The lowest BCUT2D eigenvalue weighted by molar-refractivity contribution is -0.0909. The van der Waals surface area contributed by atoms with Gasteiger partial charge in [-0.1, -0.05) is 20.3 Å². The first-order chi connectivity index (χ1) is 10.6. The van der Waals surface area contributed by atoms with Gasteiger partial charge < -0.3 is 14.4 Å². The summed E-state index contributed by atoms with van der Waals surface area (Å²) in [6, 6.07) is 0. The summed E-state index contributed by atoms with van der Waals surface area (Å²) in [5, 5.41) is 0. The van der Waals surface area contributed by atoms with Gasteiger partial charge in [-0.15, -0.1) is 0 Å². The van der Waals surface area contributed by atoms with E-state index in [0.29, 0.717) is 11.5 Å². The highest BCUT2D eigenvalue weighted by Gasteiger charge is 2.53. The van der Waals surface area contributed by atoms with Crippen LogP contribution in [0.25, 0.3) is 0 Å². The van der Waals surface area contributed by atoms with Gasteiger partial charge in [-0.25, -0.2) is 0 Å². The van der Waals surface area contributed by atoms with Crippen molar-refractivity contribution in [2.75, 3.05) is 26.2 Å². The summed E-state index contributed by atoms with van der Waals surface area (Å²) in [6.45, 7) is 9.37. The van der Waals surface area contributed by atoms with Crippen molar-refractivity contribution >= 4 is 0 Å². The molecule has 4 rings (SSSR count). The van der Waals surface area contributed by atoms with Gasteiger partial charge >= 0.3 is 0 Å². The summed E-state index contributed by atoms with van der Waals surface area (Å²) >= 11 is 0. The number of likely N-dealkylation sites (tertiary alicyclic amines) is 1. The van der Waals surface area contributed by atoms with E-state index in [2.05, 4.69) is 18.7 Å². The number of hydrogen-bond donors (Lipinski definition) is 0. The fraction of sp³-hybridized carbons (Fsp3) is 1.00. The van der Waals surface area contributed by atoms with Gasteiger partial charge in [-0.05, 0) is 68.4 Å². The van der Waals surface area contributed by atoms with Crippen molar-refractivity contribution in [3.05, 3.63) is 0 Å². The third-order valence-corrected chi connectivity index (χ3v) is 7.22. The van der Waals surface area contributed by atoms with E-state index >= 15 is 0 Å². The van der Waals surface area contributed by atoms with Crippen LogP contribution in [0.5, 0.6) is 0 Å². The maximum atomic E-state index is 6.26. The van der Waals surface area contributed by atoms with Crippen LogP contribution in [0.3, 0.4) is 0 Å². The van der Waals surface area contributed by atoms with E-state index in [1.165, 1.54) is 51.6 Å². The quantitative estimate of drug-likeness (QED) is 0.791. The van der Waals surface area contributed by atoms with E-state index < -0.39 is 0 Å². The molecule has 126 valence electrons. The highest BCUT2D eigenvalue weighted by atomic mass is 16.7. The van der Waals surface area contributed by atoms with Gasteiger partial charge in [0.25, 0.3) is 0 Å². The van der Waals surface area contributed by atoms with E-state index in [-0.39, 0.29) is 6.29 Å². The maximum Gasteiger partial charge on any atom is 0.158 e. The van der Waals surface area contributed by atoms with Crippen molar-refractivity contribution in [1.29, 1.82) is 0 Å². The Balaban J connectivity index is 1.28. The SMILES string of the molecule is CC1(C)C(CC2OCC(CN3CCCCC3)O2)[C@H]2CC[C@@H]1C2. The number of rotatable bonds is 4. The van der Waals surface area contributed by atoms with Crippen molar-refractivity contribution in [3.63, 3.8) is 0 Å². The molecular formula is C19H33NO2. The molecule has 0 N–H and O–H groups in total. The average molecular weight is 307 g/mol. The molecule has 2 bridgehead atoms. The molecule has 3 unspecified atom stereocenters. The third-order valence-electron chi connectivity index (χ3n) is 7.22. The number of hydrogen-bond acceptors (Lipinski definition) is 3. The Hall–Kier alpha value is -0.120. The fourth-order valence-corrected chi connectivity index (χ4v) is 5.83. The lowest BCUT2D eigenvalue weighted by atomic mass is 9.67. The zero-order valence-corrected chi connectivity index (χ0v) is 14.4. The van der Waals surface area contributed by atoms with Gasteiger partial charge in [0.1, 0.15) is 0 Å². The smallest absolute Gasteiger partial charge is 0.158 e. The fourth-order valence-electron chi connectivity index (χ4n) is 5.83. The highest BCUT2D eigenvalue weighted by Crippen LogP contribution is 2.60. The molecule has 5 atom stereocenters. The molecule has 0 radical (unpaired) electrons. The molecule has 2 aliphatic heterocycles. The average Bonchev–Trinajstić information content (AvgIpc) is 3.19. The van der Waals surface area contributed by atoms with Gasteiger partial charge in [0.2, 0.25) is 0 Å². The predicted octanol–water partition coefficient (Wildman–Crippen LogP) is 3.68. The predicted molar refractivity (Wildman–Crippen MR) is 87.6 cm³/mol. The van der Waals surface area contributed by atoms with Crippen molar-refractivity contribution in [3.8, 4) is 0 Å². The van der Waals surface area contributed by atoms with Crippen LogP contribution >= 0.6 is 0 Å². The maximum absolute atomic E-state index is 6.26. The minimum absolute atomic E-state index is 0.0680. The van der Waals surface area contributed by atoms with Crippen LogP contribution in [-0.4, -0.2) is 43.5 Å². The molecular weight excluding hydrogens is 274 g/mol. The minimum atomic E-state index is 0.0680. The molecule has 0 aromatic heterocycles. The molecule has 2 aliphatic carbocycles. The first-order valence-corrected chi connectivity index (χ1v) is 9.62. The number of fused-ring (bicyclic) bond motifs is 2. The van der Waals surface area contributed by atoms with E-state index in [1.54, 1.807) is 0 Å². The summed E-state index contributed by atoms with van der Waals surface area (Å²) in [4.78, 5) is 2.57.